The molecule has 1 aromatic heterocycles. The highest BCUT2D eigenvalue weighted by Gasteiger charge is 2.07. The molecule has 0 aromatic carbocycles. The predicted octanol–water partition coefficient (Wildman–Crippen LogP) is 3.10. The number of hydrogen-bond acceptors (Lipinski definition) is 3. The minimum absolute atomic E-state index is 0.0269. The minimum atomic E-state index is -0.436. The molecule has 0 saturated carbocycles. The van der Waals surface area contributed by atoms with Crippen molar-refractivity contribution in [2.45, 2.75) is 13.3 Å². The van der Waals surface area contributed by atoms with Crippen molar-refractivity contribution in [2.24, 2.45) is 0 Å². The molecule has 0 amide bonds. The maximum Gasteiger partial charge on any atom is 0.288 e. The van der Waals surface area contributed by atoms with Crippen molar-refractivity contribution in [3.05, 3.63) is 39.7 Å². The third-order valence-corrected chi connectivity index (χ3v) is 2.35. The van der Waals surface area contributed by atoms with E-state index in [-0.39, 0.29) is 5.69 Å². The SMILES string of the molecule is Cc1ncc([N+](=O)[O-])cc1C=CCCBr. The fraction of sp³-hybridized carbons (Fsp3) is 0.300. The van der Waals surface area contributed by atoms with Gasteiger partial charge in [0, 0.05) is 22.7 Å². The summed E-state index contributed by atoms with van der Waals surface area (Å²) in [5.74, 6) is 0. The molecule has 0 saturated heterocycles. The average molecular weight is 271 g/mol. The summed E-state index contributed by atoms with van der Waals surface area (Å²) in [6, 6.07) is 1.53. The second kappa shape index (κ2) is 5.60. The van der Waals surface area contributed by atoms with E-state index >= 15 is 0 Å². The molecule has 0 unspecified atom stereocenters. The van der Waals surface area contributed by atoms with E-state index in [4.69, 9.17) is 0 Å². The Labute approximate surface area is 96.3 Å². The monoisotopic (exact) mass is 270 g/mol. The van der Waals surface area contributed by atoms with Gasteiger partial charge < -0.3 is 0 Å². The minimum Gasteiger partial charge on any atom is -0.258 e. The number of allylic oxidation sites excluding steroid dienone is 1. The lowest BCUT2D eigenvalue weighted by molar-refractivity contribution is -0.385. The van der Waals surface area contributed by atoms with E-state index in [9.17, 15) is 10.1 Å². The summed E-state index contributed by atoms with van der Waals surface area (Å²) in [4.78, 5) is 14.1. The number of hydrogen-bond donors (Lipinski definition) is 0. The number of pyridine rings is 1. The third-order valence-electron chi connectivity index (χ3n) is 1.90. The highest BCUT2D eigenvalue weighted by Crippen LogP contribution is 2.16. The Morgan fingerprint density at radius 3 is 3.00 bits per heavy atom. The Morgan fingerprint density at radius 1 is 1.67 bits per heavy atom. The molecule has 0 fully saturated rings. The summed E-state index contributed by atoms with van der Waals surface area (Å²) in [5.41, 5.74) is 1.62. The van der Waals surface area contributed by atoms with Crippen molar-refractivity contribution in [1.29, 1.82) is 0 Å². The quantitative estimate of drug-likeness (QED) is 0.480. The van der Waals surface area contributed by atoms with Crippen molar-refractivity contribution < 1.29 is 4.92 Å². The summed E-state index contributed by atoms with van der Waals surface area (Å²) in [6.07, 6.45) is 5.98. The van der Waals surface area contributed by atoms with Gasteiger partial charge in [0.1, 0.15) is 6.20 Å². The number of alkyl halides is 1. The molecule has 80 valence electrons. The smallest absolute Gasteiger partial charge is 0.258 e. The molecule has 1 heterocycles. The summed E-state index contributed by atoms with van der Waals surface area (Å²) in [6.45, 7) is 1.83. The van der Waals surface area contributed by atoms with Gasteiger partial charge in [0.25, 0.3) is 5.69 Å². The summed E-state index contributed by atoms with van der Waals surface area (Å²) in [5, 5.41) is 11.4. The fourth-order valence-corrected chi connectivity index (χ4v) is 1.34. The molecule has 0 N–H and O–H groups in total. The normalized spacial score (nSPS) is 10.8. The maximum absolute atomic E-state index is 10.5. The highest BCUT2D eigenvalue weighted by atomic mass is 79.9. The van der Waals surface area contributed by atoms with Crippen LogP contribution in [0.4, 0.5) is 5.69 Å². The molecule has 5 heteroatoms. The van der Waals surface area contributed by atoms with Crippen LogP contribution in [-0.4, -0.2) is 15.2 Å². The zero-order chi connectivity index (χ0) is 11.3. The van der Waals surface area contributed by atoms with Crippen LogP contribution in [0.2, 0.25) is 0 Å². The Hall–Kier alpha value is -1.23. The maximum atomic E-state index is 10.5. The number of aryl methyl sites for hydroxylation is 1. The van der Waals surface area contributed by atoms with Crippen LogP contribution in [0.3, 0.4) is 0 Å². The molecular formula is C10H11BrN2O2. The van der Waals surface area contributed by atoms with Crippen molar-refractivity contribution in [3.63, 3.8) is 0 Å². The van der Waals surface area contributed by atoms with Gasteiger partial charge in [-0.3, -0.25) is 15.1 Å². The van der Waals surface area contributed by atoms with Crippen LogP contribution in [0, 0.1) is 17.0 Å². The Balaban J connectivity index is 2.95. The molecule has 1 aromatic rings. The zero-order valence-electron chi connectivity index (χ0n) is 8.31. The predicted molar refractivity (Wildman–Crippen MR) is 63.1 cm³/mol. The molecule has 15 heavy (non-hydrogen) atoms. The molecule has 0 spiro atoms. The lowest BCUT2D eigenvalue weighted by Gasteiger charge is -1.98. The second-order valence-electron chi connectivity index (χ2n) is 3.01. The van der Waals surface area contributed by atoms with Gasteiger partial charge in [-0.25, -0.2) is 0 Å². The van der Waals surface area contributed by atoms with Crippen molar-refractivity contribution in [1.82, 2.24) is 4.98 Å². The lowest BCUT2D eigenvalue weighted by Crippen LogP contribution is -1.93. The van der Waals surface area contributed by atoms with E-state index in [0.29, 0.717) is 0 Å². The van der Waals surface area contributed by atoms with Gasteiger partial charge in [0.2, 0.25) is 0 Å². The van der Waals surface area contributed by atoms with Gasteiger partial charge in [-0.15, -0.1) is 0 Å². The van der Waals surface area contributed by atoms with Crippen LogP contribution in [0.15, 0.2) is 18.3 Å². The van der Waals surface area contributed by atoms with Crippen molar-refractivity contribution >= 4 is 27.7 Å². The fourth-order valence-electron chi connectivity index (χ4n) is 1.08. The van der Waals surface area contributed by atoms with Crippen LogP contribution in [0.5, 0.6) is 0 Å². The van der Waals surface area contributed by atoms with E-state index in [1.54, 1.807) is 0 Å². The number of nitrogens with zero attached hydrogens (tertiary/aromatic N) is 2. The van der Waals surface area contributed by atoms with Gasteiger partial charge in [0.15, 0.2) is 0 Å². The van der Waals surface area contributed by atoms with E-state index in [1.807, 2.05) is 19.1 Å². The van der Waals surface area contributed by atoms with Gasteiger partial charge in [0.05, 0.1) is 4.92 Å². The molecule has 0 aliphatic heterocycles. The topological polar surface area (TPSA) is 56.0 Å². The third kappa shape index (κ3) is 3.43. The van der Waals surface area contributed by atoms with Crippen molar-refractivity contribution in [2.75, 3.05) is 5.33 Å². The van der Waals surface area contributed by atoms with Crippen molar-refractivity contribution in [3.8, 4) is 0 Å². The second-order valence-corrected chi connectivity index (χ2v) is 3.80. The number of rotatable bonds is 4. The summed E-state index contributed by atoms with van der Waals surface area (Å²) in [7, 11) is 0. The molecule has 0 atom stereocenters. The molecule has 4 nitrogen and oxygen atoms in total. The first kappa shape index (κ1) is 11.8. The largest absolute Gasteiger partial charge is 0.288 e. The van der Waals surface area contributed by atoms with Crippen LogP contribution in [0.25, 0.3) is 6.08 Å². The van der Waals surface area contributed by atoms with Crippen LogP contribution in [0.1, 0.15) is 17.7 Å². The molecule has 0 aliphatic rings. The number of nitro groups is 1. The van der Waals surface area contributed by atoms with Crippen LogP contribution < -0.4 is 0 Å². The molecule has 0 bridgehead atoms. The first-order chi connectivity index (χ1) is 7.15. The number of aromatic nitrogens is 1. The molecule has 1 rings (SSSR count). The molecule has 0 radical (unpaired) electrons. The van der Waals surface area contributed by atoms with E-state index < -0.39 is 4.92 Å². The Morgan fingerprint density at radius 2 is 2.40 bits per heavy atom. The lowest BCUT2D eigenvalue weighted by atomic mass is 10.1. The van der Waals surface area contributed by atoms with Gasteiger partial charge in [-0.1, -0.05) is 28.1 Å². The van der Waals surface area contributed by atoms with Gasteiger partial charge >= 0.3 is 0 Å². The van der Waals surface area contributed by atoms with Gasteiger partial charge in [-0.2, -0.15) is 0 Å². The first-order valence-electron chi connectivity index (χ1n) is 4.48. The standard InChI is InChI=1S/C10H11BrN2O2/c1-8-9(4-2-3-5-11)6-10(7-12-8)13(14)15/h2,4,6-7H,3,5H2,1H3. The Kier molecular flexibility index (Phi) is 4.42. The Bertz CT molecular complexity index is 391. The molecular weight excluding hydrogens is 260 g/mol. The van der Waals surface area contributed by atoms with Gasteiger partial charge in [-0.05, 0) is 13.3 Å². The summed E-state index contributed by atoms with van der Waals surface area (Å²) < 4.78 is 0. The summed E-state index contributed by atoms with van der Waals surface area (Å²) >= 11 is 3.30. The van der Waals surface area contributed by atoms with Crippen LogP contribution in [-0.2, 0) is 0 Å². The zero-order valence-corrected chi connectivity index (χ0v) is 9.90. The highest BCUT2D eigenvalue weighted by molar-refractivity contribution is 9.09. The van der Waals surface area contributed by atoms with Crippen LogP contribution >= 0.6 is 15.9 Å². The van der Waals surface area contributed by atoms with E-state index in [0.717, 1.165) is 23.0 Å². The average Bonchev–Trinajstić information content (AvgIpc) is 2.20. The number of halogens is 1. The van der Waals surface area contributed by atoms with E-state index in [1.165, 1.54) is 12.3 Å². The first-order valence-corrected chi connectivity index (χ1v) is 5.61. The molecule has 0 aliphatic carbocycles. The van der Waals surface area contributed by atoms with E-state index in [2.05, 4.69) is 20.9 Å².